The average Bonchev–Trinajstić information content (AvgIpc) is 2.95. The monoisotopic (exact) mass is 416 g/mol. The van der Waals surface area contributed by atoms with Gasteiger partial charge in [0.2, 0.25) is 0 Å². The van der Waals surface area contributed by atoms with E-state index in [1.165, 1.54) is 24.1 Å². The number of anilines is 2. The lowest BCUT2D eigenvalue weighted by Gasteiger charge is -2.15. The van der Waals surface area contributed by atoms with Gasteiger partial charge < -0.3 is 15.4 Å². The van der Waals surface area contributed by atoms with Crippen molar-refractivity contribution in [2.45, 2.75) is 59.3 Å². The topological polar surface area (TPSA) is 50.4 Å². The third-order valence-corrected chi connectivity index (χ3v) is 6.51. The Labute approximate surface area is 176 Å². The van der Waals surface area contributed by atoms with E-state index in [0.717, 1.165) is 46.6 Å². The van der Waals surface area contributed by atoms with E-state index in [2.05, 4.69) is 36.6 Å². The normalized spacial score (nSPS) is 13.8. The van der Waals surface area contributed by atoms with Gasteiger partial charge in [-0.25, -0.2) is 4.79 Å². The number of thiophene rings is 1. The van der Waals surface area contributed by atoms with Gasteiger partial charge in [-0.1, -0.05) is 31.0 Å². The zero-order valence-corrected chi connectivity index (χ0v) is 18.4. The van der Waals surface area contributed by atoms with E-state index < -0.39 is 0 Å². The predicted molar refractivity (Wildman–Crippen MR) is 122 cm³/mol. The molecule has 1 aliphatic carbocycles. The molecule has 1 aromatic carbocycles. The minimum atomic E-state index is -0.252. The summed E-state index contributed by atoms with van der Waals surface area (Å²) >= 11 is 7.22. The molecule has 0 fully saturated rings. The number of para-hydroxylation sites is 1. The van der Waals surface area contributed by atoms with Gasteiger partial charge in [0.05, 0.1) is 12.2 Å². The molecule has 2 N–H and O–H groups in total. The highest BCUT2D eigenvalue weighted by Crippen LogP contribution is 2.37. The highest BCUT2D eigenvalue weighted by molar-refractivity contribution is 7.80. The van der Waals surface area contributed by atoms with Crippen molar-refractivity contribution in [3.05, 3.63) is 45.3 Å². The molecule has 6 heteroatoms. The first-order valence-electron chi connectivity index (χ1n) is 9.97. The number of hydrogen-bond acceptors (Lipinski definition) is 4. The molecule has 1 aliphatic rings. The summed E-state index contributed by atoms with van der Waals surface area (Å²) in [6.07, 6.45) is 6.69. The number of ether oxygens (including phenoxy) is 1. The molecule has 150 valence electrons. The first kappa shape index (κ1) is 20.8. The van der Waals surface area contributed by atoms with Crippen LogP contribution in [0.25, 0.3) is 0 Å². The zero-order valence-electron chi connectivity index (χ0n) is 16.8. The van der Waals surface area contributed by atoms with Gasteiger partial charge in [-0.2, -0.15) is 0 Å². The fourth-order valence-electron chi connectivity index (χ4n) is 3.69. The van der Waals surface area contributed by atoms with E-state index >= 15 is 0 Å². The van der Waals surface area contributed by atoms with Gasteiger partial charge in [0.1, 0.15) is 5.00 Å². The molecule has 0 amide bonds. The van der Waals surface area contributed by atoms with E-state index in [-0.39, 0.29) is 5.97 Å². The highest BCUT2D eigenvalue weighted by atomic mass is 32.1. The molecule has 0 saturated carbocycles. The van der Waals surface area contributed by atoms with Crippen LogP contribution in [0.3, 0.4) is 0 Å². The second-order valence-corrected chi connectivity index (χ2v) is 8.70. The maximum atomic E-state index is 12.7. The van der Waals surface area contributed by atoms with Crippen LogP contribution in [-0.4, -0.2) is 17.7 Å². The summed E-state index contributed by atoms with van der Waals surface area (Å²) in [5, 5.41) is 7.89. The molecule has 0 aliphatic heterocycles. The highest BCUT2D eigenvalue weighted by Gasteiger charge is 2.25. The summed E-state index contributed by atoms with van der Waals surface area (Å²) < 4.78 is 5.37. The Bertz CT molecular complexity index is 853. The maximum absolute atomic E-state index is 12.7. The van der Waals surface area contributed by atoms with Crippen molar-refractivity contribution in [1.29, 1.82) is 0 Å². The summed E-state index contributed by atoms with van der Waals surface area (Å²) in [7, 11) is 0. The van der Waals surface area contributed by atoms with Gasteiger partial charge in [-0.05, 0) is 75.4 Å². The number of fused-ring (bicyclic) bond motifs is 1. The number of esters is 1. The number of thiocarbonyl (C=S) groups is 1. The summed E-state index contributed by atoms with van der Waals surface area (Å²) in [4.78, 5) is 14.0. The van der Waals surface area contributed by atoms with Crippen molar-refractivity contribution in [1.82, 2.24) is 0 Å². The molecule has 28 heavy (non-hydrogen) atoms. The van der Waals surface area contributed by atoms with Gasteiger partial charge in [-0.3, -0.25) is 0 Å². The van der Waals surface area contributed by atoms with Gasteiger partial charge in [0, 0.05) is 10.6 Å². The first-order valence-corrected chi connectivity index (χ1v) is 11.2. The summed E-state index contributed by atoms with van der Waals surface area (Å²) in [6.45, 7) is 6.32. The van der Waals surface area contributed by atoms with Crippen LogP contribution in [-0.2, 0) is 17.6 Å². The van der Waals surface area contributed by atoms with Gasteiger partial charge in [-0.15, -0.1) is 11.3 Å². The van der Waals surface area contributed by atoms with Gasteiger partial charge in [0.25, 0.3) is 0 Å². The Kier molecular flexibility index (Phi) is 7.08. The first-order chi connectivity index (χ1) is 13.5. The molecule has 0 saturated heterocycles. The summed E-state index contributed by atoms with van der Waals surface area (Å²) in [6, 6.07) is 6.14. The SMILES string of the molecule is CCOC(=O)c1c(NC(=S)Nc2c(C)cccc2C)sc2c1CCCCCC2. The van der Waals surface area contributed by atoms with Crippen LogP contribution >= 0.6 is 23.6 Å². The van der Waals surface area contributed by atoms with Crippen LogP contribution in [0.5, 0.6) is 0 Å². The summed E-state index contributed by atoms with van der Waals surface area (Å²) in [5.74, 6) is -0.252. The van der Waals surface area contributed by atoms with Gasteiger partial charge in [0.15, 0.2) is 5.11 Å². The number of benzene rings is 1. The summed E-state index contributed by atoms with van der Waals surface area (Å²) in [5.41, 5.74) is 5.10. The van der Waals surface area contributed by atoms with E-state index in [1.807, 2.05) is 13.0 Å². The van der Waals surface area contributed by atoms with Crippen LogP contribution < -0.4 is 10.6 Å². The molecule has 3 rings (SSSR count). The Morgan fingerprint density at radius 3 is 2.46 bits per heavy atom. The van der Waals surface area contributed by atoms with Crippen LogP contribution in [0.4, 0.5) is 10.7 Å². The van der Waals surface area contributed by atoms with Gasteiger partial charge >= 0.3 is 5.97 Å². The number of nitrogens with one attached hydrogen (secondary N) is 2. The van der Waals surface area contributed by atoms with E-state index in [1.54, 1.807) is 11.3 Å². The van der Waals surface area contributed by atoms with Crippen molar-refractivity contribution in [2.24, 2.45) is 0 Å². The Morgan fingerprint density at radius 1 is 1.11 bits per heavy atom. The van der Waals surface area contributed by atoms with Crippen molar-refractivity contribution < 1.29 is 9.53 Å². The third kappa shape index (κ3) is 4.73. The minimum absolute atomic E-state index is 0.252. The molecule has 4 nitrogen and oxygen atoms in total. The lowest BCUT2D eigenvalue weighted by Crippen LogP contribution is -2.21. The lowest BCUT2D eigenvalue weighted by molar-refractivity contribution is 0.0526. The molecular weight excluding hydrogens is 388 g/mol. The maximum Gasteiger partial charge on any atom is 0.341 e. The molecule has 0 spiro atoms. The second kappa shape index (κ2) is 9.52. The largest absolute Gasteiger partial charge is 0.462 e. The lowest BCUT2D eigenvalue weighted by atomic mass is 9.96. The molecule has 1 aromatic heterocycles. The van der Waals surface area contributed by atoms with Crippen molar-refractivity contribution in [3.8, 4) is 0 Å². The third-order valence-electron chi connectivity index (χ3n) is 5.10. The fraction of sp³-hybridized carbons (Fsp3) is 0.455. The molecule has 1 heterocycles. The van der Waals surface area contributed by atoms with Crippen molar-refractivity contribution in [3.63, 3.8) is 0 Å². The number of hydrogen-bond donors (Lipinski definition) is 2. The molecule has 2 aromatic rings. The van der Waals surface area contributed by atoms with Crippen molar-refractivity contribution >= 4 is 45.3 Å². The van der Waals surface area contributed by atoms with E-state index in [4.69, 9.17) is 17.0 Å². The number of carbonyl (C=O) groups excluding carboxylic acids is 1. The van der Waals surface area contributed by atoms with Crippen molar-refractivity contribution in [2.75, 3.05) is 17.2 Å². The van der Waals surface area contributed by atoms with Crippen LogP contribution in [0.1, 0.15) is 64.5 Å². The number of aryl methyl sites for hydroxylation is 3. The fourth-order valence-corrected chi connectivity index (χ4v) is 5.24. The quantitative estimate of drug-likeness (QED) is 0.472. The molecular formula is C22H28N2O2S2. The molecule has 0 radical (unpaired) electrons. The molecule has 0 bridgehead atoms. The Hall–Kier alpha value is -1.92. The minimum Gasteiger partial charge on any atom is -0.462 e. The second-order valence-electron chi connectivity index (χ2n) is 7.19. The molecule has 0 unspecified atom stereocenters. The Balaban J connectivity index is 1.88. The molecule has 0 atom stereocenters. The predicted octanol–water partition coefficient (Wildman–Crippen LogP) is 6.01. The average molecular weight is 417 g/mol. The number of carbonyl (C=O) groups is 1. The zero-order chi connectivity index (χ0) is 20.1. The standard InChI is InChI=1S/C22H28N2O2S2/c1-4-26-21(25)18-16-12-7-5-6-8-13-17(16)28-20(18)24-22(27)23-19-14(2)10-9-11-15(19)3/h9-11H,4-8,12-13H2,1-3H3,(H2,23,24,27). The number of rotatable bonds is 4. The van der Waals surface area contributed by atoms with Crippen LogP contribution in [0, 0.1) is 13.8 Å². The van der Waals surface area contributed by atoms with Crippen LogP contribution in [0.15, 0.2) is 18.2 Å². The Morgan fingerprint density at radius 2 is 1.79 bits per heavy atom. The van der Waals surface area contributed by atoms with E-state index in [0.29, 0.717) is 17.3 Å². The smallest absolute Gasteiger partial charge is 0.341 e. The van der Waals surface area contributed by atoms with Crippen LogP contribution in [0.2, 0.25) is 0 Å². The van der Waals surface area contributed by atoms with E-state index in [9.17, 15) is 4.79 Å².